The summed E-state index contributed by atoms with van der Waals surface area (Å²) in [5, 5.41) is 0. The summed E-state index contributed by atoms with van der Waals surface area (Å²) in [6, 6.07) is 15.1. The van der Waals surface area contributed by atoms with Crippen LogP contribution in [0, 0.1) is 0 Å². The molecule has 2 aliphatic rings. The Morgan fingerprint density at radius 2 is 1.58 bits per heavy atom. The molecule has 1 fully saturated rings. The van der Waals surface area contributed by atoms with E-state index in [9.17, 15) is 18.0 Å². The van der Waals surface area contributed by atoms with Crippen molar-refractivity contribution < 1.29 is 32.2 Å². The maximum absolute atomic E-state index is 12.7. The maximum atomic E-state index is 12.7. The van der Waals surface area contributed by atoms with Gasteiger partial charge in [-0.15, -0.1) is 0 Å². The molecule has 1 amide bonds. The van der Waals surface area contributed by atoms with Gasteiger partial charge in [0, 0.05) is 26.2 Å². The third kappa shape index (κ3) is 4.64. The van der Waals surface area contributed by atoms with E-state index in [1.807, 2.05) is 0 Å². The number of esters is 1. The lowest BCUT2D eigenvalue weighted by atomic mass is 10.2. The fraction of sp³-hybridized carbons (Fsp3) is 0.333. The van der Waals surface area contributed by atoms with Crippen molar-refractivity contribution >= 4 is 21.9 Å². The Kier molecular flexibility index (Phi) is 6.10. The second-order valence-corrected chi connectivity index (χ2v) is 9.01. The van der Waals surface area contributed by atoms with Crippen LogP contribution < -0.4 is 9.47 Å². The van der Waals surface area contributed by atoms with Gasteiger partial charge in [-0.25, -0.2) is 13.2 Å². The van der Waals surface area contributed by atoms with Crippen molar-refractivity contribution in [1.29, 1.82) is 0 Å². The minimum atomic E-state index is -3.60. The van der Waals surface area contributed by atoms with Crippen LogP contribution in [0.5, 0.6) is 11.5 Å². The molecule has 0 spiro atoms. The first-order valence-corrected chi connectivity index (χ1v) is 11.3. The fourth-order valence-corrected chi connectivity index (χ4v) is 4.82. The van der Waals surface area contributed by atoms with Gasteiger partial charge in [0.1, 0.15) is 6.61 Å². The molecular formula is C21H22N2O7S. The monoisotopic (exact) mass is 446 g/mol. The van der Waals surface area contributed by atoms with Crippen LogP contribution in [0.25, 0.3) is 0 Å². The van der Waals surface area contributed by atoms with Crippen LogP contribution in [0.1, 0.15) is 0 Å². The molecule has 0 saturated carbocycles. The average molecular weight is 446 g/mol. The number of fused-ring (bicyclic) bond motifs is 1. The standard InChI is InChI=1S/C21H22N2O7S/c24-20(15-29-21(25)19-14-28-17-8-4-5-9-18(17)30-19)22-10-12-23(13-11-22)31(26,27)16-6-2-1-3-7-16/h1-9,19H,10-15H2/t19-/m1/s1. The van der Waals surface area contributed by atoms with Gasteiger partial charge in [-0.2, -0.15) is 4.31 Å². The van der Waals surface area contributed by atoms with Gasteiger partial charge in [-0.3, -0.25) is 4.79 Å². The summed E-state index contributed by atoms with van der Waals surface area (Å²) in [4.78, 5) is 26.4. The van der Waals surface area contributed by atoms with Gasteiger partial charge >= 0.3 is 5.97 Å². The highest BCUT2D eigenvalue weighted by Gasteiger charge is 2.32. The topological polar surface area (TPSA) is 102 Å². The van der Waals surface area contributed by atoms with E-state index in [4.69, 9.17) is 14.2 Å². The minimum absolute atomic E-state index is 0.0000565. The molecule has 1 atom stereocenters. The van der Waals surface area contributed by atoms with Gasteiger partial charge in [-0.05, 0) is 24.3 Å². The van der Waals surface area contributed by atoms with Gasteiger partial charge in [0.15, 0.2) is 18.1 Å². The molecule has 2 heterocycles. The van der Waals surface area contributed by atoms with Crippen molar-refractivity contribution in [3.05, 3.63) is 54.6 Å². The SMILES string of the molecule is O=C(OCC(=O)N1CCN(S(=O)(=O)c2ccccc2)CC1)[C@H]1COc2ccccc2O1. The van der Waals surface area contributed by atoms with E-state index >= 15 is 0 Å². The number of benzene rings is 2. The van der Waals surface area contributed by atoms with Crippen LogP contribution in [0.3, 0.4) is 0 Å². The van der Waals surface area contributed by atoms with E-state index in [-0.39, 0.29) is 43.6 Å². The van der Waals surface area contributed by atoms with E-state index < -0.39 is 28.7 Å². The van der Waals surface area contributed by atoms with Crippen molar-refractivity contribution in [1.82, 2.24) is 9.21 Å². The average Bonchev–Trinajstić information content (AvgIpc) is 2.82. The molecule has 10 heteroatoms. The number of hydrogen-bond acceptors (Lipinski definition) is 7. The molecule has 9 nitrogen and oxygen atoms in total. The summed E-state index contributed by atoms with van der Waals surface area (Å²) in [7, 11) is -3.60. The summed E-state index contributed by atoms with van der Waals surface area (Å²) in [5.41, 5.74) is 0. The number of nitrogens with zero attached hydrogens (tertiary/aromatic N) is 2. The summed E-state index contributed by atoms with van der Waals surface area (Å²) in [6.45, 7) is 0.351. The van der Waals surface area contributed by atoms with Crippen LogP contribution in [0.2, 0.25) is 0 Å². The number of carbonyl (C=O) groups excluding carboxylic acids is 2. The lowest BCUT2D eigenvalue weighted by Gasteiger charge is -2.34. The molecule has 1 saturated heterocycles. The molecule has 2 aliphatic heterocycles. The minimum Gasteiger partial charge on any atom is -0.485 e. The molecule has 0 N–H and O–H groups in total. The molecule has 0 bridgehead atoms. The lowest BCUT2D eigenvalue weighted by Crippen LogP contribution is -2.51. The first-order valence-electron chi connectivity index (χ1n) is 9.83. The smallest absolute Gasteiger partial charge is 0.351 e. The Labute approximate surface area is 180 Å². The highest BCUT2D eigenvalue weighted by atomic mass is 32.2. The quantitative estimate of drug-likeness (QED) is 0.629. The van der Waals surface area contributed by atoms with Crippen LogP contribution in [0.4, 0.5) is 0 Å². The number of ether oxygens (including phenoxy) is 3. The zero-order chi connectivity index (χ0) is 21.8. The molecule has 2 aromatic carbocycles. The molecular weight excluding hydrogens is 424 g/mol. The second-order valence-electron chi connectivity index (χ2n) is 7.07. The van der Waals surface area contributed by atoms with Gasteiger partial charge < -0.3 is 19.1 Å². The number of para-hydroxylation sites is 2. The summed E-state index contributed by atoms with van der Waals surface area (Å²) >= 11 is 0. The van der Waals surface area contributed by atoms with Crippen LogP contribution >= 0.6 is 0 Å². The third-order valence-corrected chi connectivity index (χ3v) is 6.99. The molecule has 0 radical (unpaired) electrons. The number of hydrogen-bond donors (Lipinski definition) is 0. The predicted molar refractivity (Wildman–Crippen MR) is 109 cm³/mol. The van der Waals surface area contributed by atoms with E-state index in [0.29, 0.717) is 11.5 Å². The van der Waals surface area contributed by atoms with Crippen molar-refractivity contribution in [2.75, 3.05) is 39.4 Å². The Morgan fingerprint density at radius 3 is 2.29 bits per heavy atom. The maximum Gasteiger partial charge on any atom is 0.351 e. The molecule has 4 rings (SSSR count). The Hall–Kier alpha value is -3.11. The number of rotatable bonds is 5. The molecule has 31 heavy (non-hydrogen) atoms. The first kappa shape index (κ1) is 21.1. The molecule has 0 aliphatic carbocycles. The third-order valence-electron chi connectivity index (χ3n) is 5.08. The van der Waals surface area contributed by atoms with Gasteiger partial charge in [0.05, 0.1) is 4.90 Å². The largest absolute Gasteiger partial charge is 0.485 e. The zero-order valence-corrected chi connectivity index (χ0v) is 17.5. The van der Waals surface area contributed by atoms with Crippen molar-refractivity contribution in [2.24, 2.45) is 0 Å². The summed E-state index contributed by atoms with van der Waals surface area (Å²) in [6.07, 6.45) is -0.949. The zero-order valence-electron chi connectivity index (χ0n) is 16.7. The Bertz CT molecular complexity index is 1050. The summed E-state index contributed by atoms with van der Waals surface area (Å²) in [5.74, 6) is -0.0842. The number of amides is 1. The van der Waals surface area contributed by atoms with E-state index in [1.54, 1.807) is 54.6 Å². The molecule has 164 valence electrons. The highest BCUT2D eigenvalue weighted by molar-refractivity contribution is 7.89. The Morgan fingerprint density at radius 1 is 0.935 bits per heavy atom. The Balaban J connectivity index is 1.26. The van der Waals surface area contributed by atoms with E-state index in [1.165, 1.54) is 9.21 Å². The van der Waals surface area contributed by atoms with Gasteiger partial charge in [0.2, 0.25) is 16.1 Å². The van der Waals surface area contributed by atoms with Gasteiger partial charge in [-0.1, -0.05) is 30.3 Å². The van der Waals surface area contributed by atoms with E-state index in [0.717, 1.165) is 0 Å². The van der Waals surface area contributed by atoms with Crippen molar-refractivity contribution in [2.45, 2.75) is 11.0 Å². The number of sulfonamides is 1. The normalized spacial score (nSPS) is 19.0. The van der Waals surface area contributed by atoms with Crippen LogP contribution in [-0.2, 0) is 24.3 Å². The second kappa shape index (κ2) is 8.94. The summed E-state index contributed by atoms with van der Waals surface area (Å²) < 4.78 is 42.8. The van der Waals surface area contributed by atoms with Crippen LogP contribution in [0.15, 0.2) is 59.5 Å². The first-order chi connectivity index (χ1) is 14.9. The number of carbonyl (C=O) groups is 2. The van der Waals surface area contributed by atoms with Crippen molar-refractivity contribution in [3.63, 3.8) is 0 Å². The molecule has 2 aromatic rings. The highest BCUT2D eigenvalue weighted by Crippen LogP contribution is 2.31. The number of piperazine rings is 1. The van der Waals surface area contributed by atoms with Crippen LogP contribution in [-0.4, -0.2) is 75.0 Å². The van der Waals surface area contributed by atoms with E-state index in [2.05, 4.69) is 0 Å². The molecule has 0 aromatic heterocycles. The van der Waals surface area contributed by atoms with Crippen molar-refractivity contribution in [3.8, 4) is 11.5 Å². The molecule has 0 unspecified atom stereocenters. The lowest BCUT2D eigenvalue weighted by molar-refractivity contribution is -0.160. The van der Waals surface area contributed by atoms with Gasteiger partial charge in [0.25, 0.3) is 5.91 Å². The fourth-order valence-electron chi connectivity index (χ4n) is 3.37. The predicted octanol–water partition coefficient (Wildman–Crippen LogP) is 0.903.